The molecule has 4 aromatic rings. The lowest BCUT2D eigenvalue weighted by Gasteiger charge is -2.13. The molecule has 0 aliphatic rings. The summed E-state index contributed by atoms with van der Waals surface area (Å²) in [5.74, 6) is -1.66. The second-order valence-corrected chi connectivity index (χ2v) is 6.59. The molecule has 1 heterocycles. The number of rotatable bonds is 8. The monoisotopic (exact) mass is 418 g/mol. The van der Waals surface area contributed by atoms with Crippen molar-refractivity contribution in [2.75, 3.05) is 23.8 Å². The van der Waals surface area contributed by atoms with E-state index in [2.05, 4.69) is 20.9 Å². The minimum atomic E-state index is -1.15. The molecule has 9 heteroatoms. The highest BCUT2D eigenvalue weighted by Gasteiger charge is 2.15. The molecular formula is C22H18N4O5. The van der Waals surface area contributed by atoms with Crippen LogP contribution in [0.15, 0.2) is 71.4 Å². The Morgan fingerprint density at radius 1 is 0.839 bits per heavy atom. The van der Waals surface area contributed by atoms with E-state index in [-0.39, 0.29) is 0 Å². The molecule has 0 radical (unpaired) electrons. The van der Waals surface area contributed by atoms with Crippen LogP contribution in [0.3, 0.4) is 0 Å². The van der Waals surface area contributed by atoms with Crippen LogP contribution in [0.4, 0.5) is 17.1 Å². The van der Waals surface area contributed by atoms with E-state index < -0.39 is 25.1 Å². The number of aromatic nitrogens is 2. The highest BCUT2D eigenvalue weighted by atomic mass is 16.6. The summed E-state index contributed by atoms with van der Waals surface area (Å²) in [5, 5.41) is 22.4. The van der Waals surface area contributed by atoms with Crippen LogP contribution < -0.4 is 10.6 Å². The Kier molecular flexibility index (Phi) is 5.86. The summed E-state index contributed by atoms with van der Waals surface area (Å²) < 4.78 is 9.69. The first-order chi connectivity index (χ1) is 15.1. The first-order valence-corrected chi connectivity index (χ1v) is 9.38. The average molecular weight is 418 g/mol. The lowest BCUT2D eigenvalue weighted by Crippen LogP contribution is -2.20. The molecule has 3 aromatic carbocycles. The summed E-state index contributed by atoms with van der Waals surface area (Å²) in [6.07, 6.45) is 0. The molecule has 0 aliphatic heterocycles. The second-order valence-electron chi connectivity index (χ2n) is 6.59. The number of nitrogens with one attached hydrogen (secondary N) is 2. The lowest BCUT2D eigenvalue weighted by atomic mass is 10.0. The van der Waals surface area contributed by atoms with Gasteiger partial charge in [0.2, 0.25) is 5.91 Å². The van der Waals surface area contributed by atoms with Crippen LogP contribution in [-0.2, 0) is 14.3 Å². The van der Waals surface area contributed by atoms with Gasteiger partial charge in [-0.15, -0.1) is 0 Å². The summed E-state index contributed by atoms with van der Waals surface area (Å²) in [6.45, 7) is -0.957. The third kappa shape index (κ3) is 4.68. The Labute approximate surface area is 176 Å². The van der Waals surface area contributed by atoms with Gasteiger partial charge in [0.1, 0.15) is 13.2 Å². The molecule has 3 N–H and O–H groups in total. The molecule has 0 unspecified atom stereocenters. The van der Waals surface area contributed by atoms with Gasteiger partial charge in [0.15, 0.2) is 11.0 Å². The van der Waals surface area contributed by atoms with E-state index in [0.717, 1.165) is 16.8 Å². The Hall–Kier alpha value is -4.24. The van der Waals surface area contributed by atoms with Crippen molar-refractivity contribution in [3.05, 3.63) is 66.7 Å². The molecule has 0 bridgehead atoms. The second kappa shape index (κ2) is 9.06. The summed E-state index contributed by atoms with van der Waals surface area (Å²) in [5.41, 5.74) is 4.77. The van der Waals surface area contributed by atoms with Crippen LogP contribution >= 0.6 is 0 Å². The van der Waals surface area contributed by atoms with Crippen molar-refractivity contribution >= 4 is 40.0 Å². The van der Waals surface area contributed by atoms with Gasteiger partial charge in [-0.1, -0.05) is 48.5 Å². The normalized spacial score (nSPS) is 10.7. The number of carbonyl (C=O) groups is 2. The van der Waals surface area contributed by atoms with Crippen LogP contribution in [0.1, 0.15) is 0 Å². The topological polar surface area (TPSA) is 127 Å². The van der Waals surface area contributed by atoms with Gasteiger partial charge in [-0.05, 0) is 34.1 Å². The largest absolute Gasteiger partial charge is 0.480 e. The number of hydrogen-bond donors (Lipinski definition) is 3. The number of carbonyl (C=O) groups excluding carboxylic acids is 1. The smallest absolute Gasteiger partial charge is 0.329 e. The zero-order chi connectivity index (χ0) is 21.6. The van der Waals surface area contributed by atoms with Gasteiger partial charge in [0, 0.05) is 11.3 Å². The molecule has 1 amide bonds. The number of anilines is 3. The summed E-state index contributed by atoms with van der Waals surface area (Å²) >= 11 is 0. The van der Waals surface area contributed by atoms with E-state index in [1.165, 1.54) is 0 Å². The number of fused-ring (bicyclic) bond motifs is 1. The Morgan fingerprint density at radius 2 is 1.52 bits per heavy atom. The van der Waals surface area contributed by atoms with Crippen molar-refractivity contribution in [1.82, 2.24) is 10.3 Å². The van der Waals surface area contributed by atoms with Crippen molar-refractivity contribution in [2.45, 2.75) is 0 Å². The quantitative estimate of drug-likeness (QED) is 0.396. The number of carboxylic acid groups (broad SMARTS) is 1. The van der Waals surface area contributed by atoms with E-state index in [9.17, 15) is 9.59 Å². The minimum Gasteiger partial charge on any atom is -0.480 e. The summed E-state index contributed by atoms with van der Waals surface area (Å²) in [4.78, 5) is 22.5. The lowest BCUT2D eigenvalue weighted by molar-refractivity contribution is -0.143. The maximum absolute atomic E-state index is 12.0. The van der Waals surface area contributed by atoms with Crippen molar-refractivity contribution in [2.24, 2.45) is 0 Å². The van der Waals surface area contributed by atoms with Crippen LogP contribution in [0.5, 0.6) is 0 Å². The standard InChI is InChI=1S/C22H18N4O5/c27-19(12-30-13-20(28)29)24-18-11-10-17(21-22(18)26-31-25-21)23-16-9-5-4-8-15(16)14-6-2-1-3-7-14/h1-11,23H,12-13H2,(H,24,27)(H,28,29). The molecule has 0 aliphatic carbocycles. The van der Waals surface area contributed by atoms with Gasteiger partial charge >= 0.3 is 5.97 Å². The summed E-state index contributed by atoms with van der Waals surface area (Å²) in [7, 11) is 0. The van der Waals surface area contributed by atoms with Gasteiger partial charge in [0.25, 0.3) is 0 Å². The predicted octanol–water partition coefficient (Wildman–Crippen LogP) is 3.67. The van der Waals surface area contributed by atoms with Crippen LogP contribution in [-0.4, -0.2) is 40.5 Å². The van der Waals surface area contributed by atoms with Crippen molar-refractivity contribution in [1.29, 1.82) is 0 Å². The molecule has 0 fully saturated rings. The average Bonchev–Trinajstić information content (AvgIpc) is 3.27. The number of para-hydroxylation sites is 1. The number of aliphatic carboxylic acids is 1. The molecule has 0 saturated heterocycles. The fraction of sp³-hybridized carbons (Fsp3) is 0.0909. The highest BCUT2D eigenvalue weighted by molar-refractivity contribution is 6.04. The molecule has 1 aromatic heterocycles. The molecular weight excluding hydrogens is 400 g/mol. The number of benzene rings is 3. The van der Waals surface area contributed by atoms with Gasteiger partial charge in [-0.2, -0.15) is 0 Å². The molecule has 156 valence electrons. The molecule has 4 rings (SSSR count). The third-order valence-electron chi connectivity index (χ3n) is 4.43. The third-order valence-corrected chi connectivity index (χ3v) is 4.43. The van der Waals surface area contributed by atoms with Crippen LogP contribution in [0.25, 0.3) is 22.2 Å². The Morgan fingerprint density at radius 3 is 2.29 bits per heavy atom. The van der Waals surface area contributed by atoms with Gasteiger partial charge in [0.05, 0.1) is 11.4 Å². The molecule has 0 saturated carbocycles. The van der Waals surface area contributed by atoms with Crippen molar-refractivity contribution < 1.29 is 24.1 Å². The number of hydrogen-bond acceptors (Lipinski definition) is 7. The Bertz CT molecular complexity index is 1220. The number of ether oxygens (including phenoxy) is 1. The first-order valence-electron chi connectivity index (χ1n) is 9.38. The molecule has 9 nitrogen and oxygen atoms in total. The fourth-order valence-electron chi connectivity index (χ4n) is 3.09. The predicted molar refractivity (Wildman–Crippen MR) is 114 cm³/mol. The fourth-order valence-corrected chi connectivity index (χ4v) is 3.09. The minimum absolute atomic E-state index is 0.355. The number of carboxylic acids is 1. The van der Waals surface area contributed by atoms with E-state index >= 15 is 0 Å². The summed E-state index contributed by atoms with van der Waals surface area (Å²) in [6, 6.07) is 21.2. The molecule has 0 atom stereocenters. The highest BCUT2D eigenvalue weighted by Crippen LogP contribution is 2.34. The van der Waals surface area contributed by atoms with Crippen molar-refractivity contribution in [3.8, 4) is 11.1 Å². The maximum Gasteiger partial charge on any atom is 0.329 e. The molecule has 31 heavy (non-hydrogen) atoms. The van der Waals surface area contributed by atoms with E-state index in [4.69, 9.17) is 14.5 Å². The van der Waals surface area contributed by atoms with E-state index in [1.54, 1.807) is 12.1 Å². The van der Waals surface area contributed by atoms with E-state index in [0.29, 0.717) is 22.4 Å². The van der Waals surface area contributed by atoms with Gasteiger partial charge in [-0.25, -0.2) is 9.42 Å². The Balaban J connectivity index is 1.58. The number of amides is 1. The molecule has 0 spiro atoms. The van der Waals surface area contributed by atoms with Gasteiger partial charge in [-0.3, -0.25) is 4.79 Å². The van der Waals surface area contributed by atoms with Crippen LogP contribution in [0.2, 0.25) is 0 Å². The number of nitrogens with zero attached hydrogens (tertiary/aromatic N) is 2. The SMILES string of the molecule is O=C(O)COCC(=O)Nc1ccc(Nc2ccccc2-c2ccccc2)c2nonc12. The van der Waals surface area contributed by atoms with Crippen LogP contribution in [0, 0.1) is 0 Å². The van der Waals surface area contributed by atoms with E-state index in [1.807, 2.05) is 54.6 Å². The van der Waals surface area contributed by atoms with Crippen molar-refractivity contribution in [3.63, 3.8) is 0 Å². The zero-order valence-corrected chi connectivity index (χ0v) is 16.2. The van der Waals surface area contributed by atoms with Gasteiger partial charge < -0.3 is 20.5 Å². The first kappa shape index (κ1) is 20.0. The zero-order valence-electron chi connectivity index (χ0n) is 16.2. The maximum atomic E-state index is 12.0.